The standard InChI is InChI=1S/C19H24N2O4S/c1-14-5-10-18(15(2)13-14)21-26(23,24)17-8-6-16(7-9-17)19(22)20-11-4-12-25-3/h5-10,13,21H,4,11-12H2,1-3H3,(H,20,22). The van der Waals surface area contributed by atoms with Crippen LogP contribution in [-0.4, -0.2) is 34.6 Å². The van der Waals surface area contributed by atoms with Crippen LogP contribution < -0.4 is 10.0 Å². The number of rotatable bonds is 8. The van der Waals surface area contributed by atoms with Crippen molar-refractivity contribution in [3.8, 4) is 0 Å². The zero-order valence-corrected chi connectivity index (χ0v) is 16.0. The molecular formula is C19H24N2O4S. The van der Waals surface area contributed by atoms with Crippen LogP contribution in [0.4, 0.5) is 5.69 Å². The van der Waals surface area contributed by atoms with Gasteiger partial charge in [-0.1, -0.05) is 17.7 Å². The van der Waals surface area contributed by atoms with Gasteiger partial charge >= 0.3 is 0 Å². The molecule has 0 aliphatic carbocycles. The van der Waals surface area contributed by atoms with E-state index in [0.29, 0.717) is 30.8 Å². The van der Waals surface area contributed by atoms with E-state index in [1.807, 2.05) is 26.0 Å². The van der Waals surface area contributed by atoms with Gasteiger partial charge in [-0.15, -0.1) is 0 Å². The lowest BCUT2D eigenvalue weighted by Crippen LogP contribution is -2.25. The summed E-state index contributed by atoms with van der Waals surface area (Å²) in [5.74, 6) is -0.243. The minimum absolute atomic E-state index is 0.105. The van der Waals surface area contributed by atoms with Crippen molar-refractivity contribution in [1.29, 1.82) is 0 Å². The summed E-state index contributed by atoms with van der Waals surface area (Å²) in [6, 6.07) is 11.4. The quantitative estimate of drug-likeness (QED) is 0.694. The van der Waals surface area contributed by atoms with Gasteiger partial charge in [0.05, 0.1) is 10.6 Å². The van der Waals surface area contributed by atoms with E-state index in [1.54, 1.807) is 13.2 Å². The number of amides is 1. The molecule has 1 amide bonds. The molecule has 26 heavy (non-hydrogen) atoms. The first-order valence-corrected chi connectivity index (χ1v) is 9.79. The molecule has 0 aromatic heterocycles. The van der Waals surface area contributed by atoms with Crippen molar-refractivity contribution in [1.82, 2.24) is 5.32 Å². The monoisotopic (exact) mass is 376 g/mol. The zero-order valence-electron chi connectivity index (χ0n) is 15.2. The molecular weight excluding hydrogens is 352 g/mol. The molecule has 0 bridgehead atoms. The maximum Gasteiger partial charge on any atom is 0.261 e. The van der Waals surface area contributed by atoms with E-state index in [-0.39, 0.29) is 10.8 Å². The van der Waals surface area contributed by atoms with Crippen LogP contribution in [0.5, 0.6) is 0 Å². The number of carbonyl (C=O) groups is 1. The summed E-state index contributed by atoms with van der Waals surface area (Å²) in [5.41, 5.74) is 2.86. The van der Waals surface area contributed by atoms with Gasteiger partial charge in [0.1, 0.15) is 0 Å². The summed E-state index contributed by atoms with van der Waals surface area (Å²) in [5, 5.41) is 2.76. The van der Waals surface area contributed by atoms with Crippen molar-refractivity contribution < 1.29 is 17.9 Å². The fourth-order valence-corrected chi connectivity index (χ4v) is 3.57. The Bertz CT molecular complexity index is 862. The number of ether oxygens (including phenoxy) is 1. The third-order valence-corrected chi connectivity index (χ3v) is 5.25. The van der Waals surface area contributed by atoms with Gasteiger partial charge < -0.3 is 10.1 Å². The predicted octanol–water partition coefficient (Wildman–Crippen LogP) is 2.87. The van der Waals surface area contributed by atoms with Crippen LogP contribution >= 0.6 is 0 Å². The van der Waals surface area contributed by atoms with Crippen molar-refractivity contribution in [3.05, 3.63) is 59.2 Å². The second-order valence-corrected chi connectivity index (χ2v) is 7.73. The molecule has 140 valence electrons. The molecule has 0 fully saturated rings. The van der Waals surface area contributed by atoms with Crippen LogP contribution in [0.15, 0.2) is 47.4 Å². The highest BCUT2D eigenvalue weighted by Gasteiger charge is 2.16. The summed E-state index contributed by atoms with van der Waals surface area (Å²) < 4.78 is 32.6. The Kier molecular flexibility index (Phi) is 6.76. The summed E-state index contributed by atoms with van der Waals surface area (Å²) in [6.45, 7) is 4.87. The smallest absolute Gasteiger partial charge is 0.261 e. The molecule has 2 rings (SSSR count). The van der Waals surface area contributed by atoms with E-state index in [2.05, 4.69) is 10.0 Å². The fraction of sp³-hybridized carbons (Fsp3) is 0.316. The summed E-state index contributed by atoms with van der Waals surface area (Å²) in [6.07, 6.45) is 0.717. The predicted molar refractivity (Wildman–Crippen MR) is 102 cm³/mol. The molecule has 2 N–H and O–H groups in total. The van der Waals surface area contributed by atoms with E-state index in [1.165, 1.54) is 24.3 Å². The molecule has 2 aromatic rings. The highest BCUT2D eigenvalue weighted by Crippen LogP contribution is 2.21. The molecule has 0 spiro atoms. The fourth-order valence-electron chi connectivity index (χ4n) is 2.44. The van der Waals surface area contributed by atoms with Crippen LogP contribution in [0.2, 0.25) is 0 Å². The van der Waals surface area contributed by atoms with E-state index < -0.39 is 10.0 Å². The number of carbonyl (C=O) groups excluding carboxylic acids is 1. The van der Waals surface area contributed by atoms with Crippen molar-refractivity contribution in [2.24, 2.45) is 0 Å². The molecule has 0 heterocycles. The SMILES string of the molecule is COCCCNC(=O)c1ccc(S(=O)(=O)Nc2ccc(C)cc2C)cc1. The number of benzene rings is 2. The summed E-state index contributed by atoms with van der Waals surface area (Å²) in [4.78, 5) is 12.1. The second kappa shape index (κ2) is 8.82. The Morgan fingerprint density at radius 1 is 1.08 bits per heavy atom. The molecule has 0 radical (unpaired) electrons. The second-order valence-electron chi connectivity index (χ2n) is 6.05. The number of sulfonamides is 1. The number of hydrogen-bond acceptors (Lipinski definition) is 4. The molecule has 0 aliphatic rings. The normalized spacial score (nSPS) is 11.2. The lowest BCUT2D eigenvalue weighted by Gasteiger charge is -2.11. The van der Waals surface area contributed by atoms with Crippen molar-refractivity contribution in [2.45, 2.75) is 25.2 Å². The van der Waals surface area contributed by atoms with Gasteiger partial charge in [-0.3, -0.25) is 9.52 Å². The first-order valence-electron chi connectivity index (χ1n) is 8.31. The minimum Gasteiger partial charge on any atom is -0.385 e. The van der Waals surface area contributed by atoms with E-state index in [9.17, 15) is 13.2 Å². The average molecular weight is 376 g/mol. The molecule has 0 saturated carbocycles. The van der Waals surface area contributed by atoms with Crippen LogP contribution in [0.25, 0.3) is 0 Å². The first kappa shape index (κ1) is 19.9. The molecule has 2 aromatic carbocycles. The van der Waals surface area contributed by atoms with E-state index >= 15 is 0 Å². The minimum atomic E-state index is -3.71. The molecule has 0 aliphatic heterocycles. The van der Waals surface area contributed by atoms with Gasteiger partial charge in [-0.05, 0) is 56.2 Å². The average Bonchev–Trinajstić information content (AvgIpc) is 2.61. The van der Waals surface area contributed by atoms with Crippen LogP contribution in [-0.2, 0) is 14.8 Å². The van der Waals surface area contributed by atoms with Gasteiger partial charge in [0.25, 0.3) is 15.9 Å². The van der Waals surface area contributed by atoms with Crippen LogP contribution in [0.3, 0.4) is 0 Å². The Morgan fingerprint density at radius 3 is 2.38 bits per heavy atom. The number of anilines is 1. The van der Waals surface area contributed by atoms with Gasteiger partial charge in [-0.2, -0.15) is 0 Å². The maximum absolute atomic E-state index is 12.5. The Balaban J connectivity index is 2.07. The first-order chi connectivity index (χ1) is 12.3. The molecule has 7 heteroatoms. The highest BCUT2D eigenvalue weighted by molar-refractivity contribution is 7.92. The number of nitrogens with one attached hydrogen (secondary N) is 2. The van der Waals surface area contributed by atoms with Crippen LogP contribution in [0.1, 0.15) is 27.9 Å². The molecule has 6 nitrogen and oxygen atoms in total. The lowest BCUT2D eigenvalue weighted by atomic mass is 10.1. The number of methoxy groups -OCH3 is 1. The van der Waals surface area contributed by atoms with Crippen LogP contribution in [0, 0.1) is 13.8 Å². The third kappa shape index (κ3) is 5.31. The zero-order chi connectivity index (χ0) is 19.2. The Morgan fingerprint density at radius 2 is 1.77 bits per heavy atom. The molecule has 0 unspecified atom stereocenters. The lowest BCUT2D eigenvalue weighted by molar-refractivity contribution is 0.0948. The number of aryl methyl sites for hydroxylation is 2. The van der Waals surface area contributed by atoms with Crippen molar-refractivity contribution in [2.75, 3.05) is 25.0 Å². The maximum atomic E-state index is 12.5. The highest BCUT2D eigenvalue weighted by atomic mass is 32.2. The Labute approximate surface area is 154 Å². The third-order valence-electron chi connectivity index (χ3n) is 3.86. The van der Waals surface area contributed by atoms with Gasteiger partial charge in [0, 0.05) is 25.8 Å². The molecule has 0 saturated heterocycles. The topological polar surface area (TPSA) is 84.5 Å². The van der Waals surface area contributed by atoms with E-state index in [0.717, 1.165) is 11.1 Å². The van der Waals surface area contributed by atoms with Gasteiger partial charge in [0.15, 0.2) is 0 Å². The molecule has 0 atom stereocenters. The van der Waals surface area contributed by atoms with Crippen molar-refractivity contribution >= 4 is 21.6 Å². The summed E-state index contributed by atoms with van der Waals surface area (Å²) >= 11 is 0. The largest absolute Gasteiger partial charge is 0.385 e. The van der Waals surface area contributed by atoms with Crippen molar-refractivity contribution in [3.63, 3.8) is 0 Å². The Hall–Kier alpha value is -2.38. The number of hydrogen-bond donors (Lipinski definition) is 2. The van der Waals surface area contributed by atoms with Gasteiger partial charge in [-0.25, -0.2) is 8.42 Å². The van der Waals surface area contributed by atoms with E-state index in [4.69, 9.17) is 4.74 Å². The summed E-state index contributed by atoms with van der Waals surface area (Å²) in [7, 11) is -2.11. The van der Waals surface area contributed by atoms with Gasteiger partial charge in [0.2, 0.25) is 0 Å².